The van der Waals surface area contributed by atoms with Gasteiger partial charge in [-0.05, 0) is 31.5 Å². The largest absolute Gasteiger partial charge is 0.492 e. The minimum atomic E-state index is 0.130. The first-order valence-electron chi connectivity index (χ1n) is 9.69. The molecule has 0 radical (unpaired) electrons. The van der Waals surface area contributed by atoms with Crippen molar-refractivity contribution in [3.8, 4) is 27.8 Å². The molecule has 0 saturated heterocycles. The third-order valence-corrected chi connectivity index (χ3v) is 6.20. The molecule has 0 saturated carbocycles. The zero-order valence-electron chi connectivity index (χ0n) is 16.3. The minimum Gasteiger partial charge on any atom is -0.492 e. The predicted molar refractivity (Wildman–Crippen MR) is 113 cm³/mol. The Bertz CT molecular complexity index is 1170. The second-order valence-electron chi connectivity index (χ2n) is 7.36. The first kappa shape index (κ1) is 18.0. The second kappa shape index (κ2) is 7.08. The van der Waals surface area contributed by atoms with E-state index in [1.165, 1.54) is 4.88 Å². The molecule has 2 aliphatic rings. The fourth-order valence-electron chi connectivity index (χ4n) is 3.67. The number of benzene rings is 1. The lowest BCUT2D eigenvalue weighted by atomic mass is 9.94. The Labute approximate surface area is 172 Å². The number of nitrogens with zero attached hydrogens (tertiary/aromatic N) is 4. The van der Waals surface area contributed by atoms with Gasteiger partial charge < -0.3 is 4.74 Å². The highest BCUT2D eigenvalue weighted by molar-refractivity contribution is 7.15. The number of Topliss-reactive ketones (excluding diaryl/α,β-unsaturated/α-hetero) is 1. The van der Waals surface area contributed by atoms with Crippen molar-refractivity contribution in [3.05, 3.63) is 53.2 Å². The van der Waals surface area contributed by atoms with Crippen molar-refractivity contribution in [1.82, 2.24) is 19.7 Å². The molecule has 146 valence electrons. The number of carbonyl (C=O) groups is 1. The van der Waals surface area contributed by atoms with Crippen LogP contribution in [0.2, 0.25) is 0 Å². The molecule has 3 aromatic rings. The number of allylic oxidation sites excluding steroid dienone is 4. The fraction of sp³-hybridized carbons (Fsp3) is 0.273. The van der Waals surface area contributed by atoms with E-state index in [9.17, 15) is 4.79 Å². The van der Waals surface area contributed by atoms with E-state index in [1.807, 2.05) is 41.1 Å². The summed E-state index contributed by atoms with van der Waals surface area (Å²) in [7, 11) is 0. The van der Waals surface area contributed by atoms with Gasteiger partial charge in [0.05, 0.1) is 12.3 Å². The van der Waals surface area contributed by atoms with Crippen molar-refractivity contribution in [2.45, 2.75) is 32.7 Å². The number of hydrogen-bond acceptors (Lipinski definition) is 6. The maximum Gasteiger partial charge on any atom is 0.187 e. The van der Waals surface area contributed by atoms with Crippen molar-refractivity contribution in [2.24, 2.45) is 0 Å². The van der Waals surface area contributed by atoms with Gasteiger partial charge in [0.25, 0.3) is 0 Å². The summed E-state index contributed by atoms with van der Waals surface area (Å²) < 4.78 is 7.92. The Balaban J connectivity index is 1.58. The van der Waals surface area contributed by atoms with E-state index >= 15 is 0 Å². The molecule has 0 spiro atoms. The molecule has 0 N–H and O–H groups in total. The predicted octanol–water partition coefficient (Wildman–Crippen LogP) is 4.50. The van der Waals surface area contributed by atoms with Crippen LogP contribution in [0.4, 0.5) is 0 Å². The average molecular weight is 404 g/mol. The van der Waals surface area contributed by atoms with E-state index < -0.39 is 0 Å². The van der Waals surface area contributed by atoms with Gasteiger partial charge in [-0.2, -0.15) is 5.10 Å². The quantitative estimate of drug-likeness (QED) is 0.643. The van der Waals surface area contributed by atoms with Crippen molar-refractivity contribution >= 4 is 22.7 Å². The fourth-order valence-corrected chi connectivity index (χ4v) is 4.71. The van der Waals surface area contributed by atoms with Crippen LogP contribution in [0, 0.1) is 0 Å². The molecule has 0 fully saturated rings. The maximum atomic E-state index is 12.3. The lowest BCUT2D eigenvalue weighted by Crippen LogP contribution is -2.05. The minimum absolute atomic E-state index is 0.130. The van der Waals surface area contributed by atoms with Crippen molar-refractivity contribution in [2.75, 3.05) is 6.61 Å². The molecule has 7 heteroatoms. The summed E-state index contributed by atoms with van der Waals surface area (Å²) in [6.07, 6.45) is 8.49. The van der Waals surface area contributed by atoms with Crippen LogP contribution in [0.25, 0.3) is 27.7 Å². The van der Waals surface area contributed by atoms with E-state index in [0.717, 1.165) is 45.4 Å². The average Bonchev–Trinajstić information content (AvgIpc) is 3.32. The number of carbonyl (C=O) groups excluding carboxylic acids is 1. The van der Waals surface area contributed by atoms with Crippen LogP contribution in [-0.4, -0.2) is 32.1 Å². The maximum absolute atomic E-state index is 12.3. The molecule has 2 aromatic heterocycles. The Morgan fingerprint density at radius 2 is 2.17 bits per heavy atom. The highest BCUT2D eigenvalue weighted by Gasteiger charge is 2.24. The molecule has 1 aliphatic heterocycles. The summed E-state index contributed by atoms with van der Waals surface area (Å²) in [6.45, 7) is 4.74. The Morgan fingerprint density at radius 3 is 3.00 bits per heavy atom. The first-order valence-corrected chi connectivity index (χ1v) is 10.5. The summed E-state index contributed by atoms with van der Waals surface area (Å²) in [5.74, 6) is 1.69. The monoisotopic (exact) mass is 404 g/mol. The van der Waals surface area contributed by atoms with Crippen LogP contribution in [0.15, 0.2) is 42.8 Å². The van der Waals surface area contributed by atoms with Crippen LogP contribution < -0.4 is 4.74 Å². The molecule has 0 bridgehead atoms. The van der Waals surface area contributed by atoms with E-state index in [4.69, 9.17) is 9.72 Å². The third-order valence-electron chi connectivity index (χ3n) is 5.09. The zero-order valence-corrected chi connectivity index (χ0v) is 17.1. The second-order valence-corrected chi connectivity index (χ2v) is 8.44. The van der Waals surface area contributed by atoms with Gasteiger partial charge >= 0.3 is 0 Å². The SMILES string of the molecule is CC(C)n1ncnc1-c1nc2c(s1)CCOc1cc(C3=CC=CCC3=O)ccc1-2. The Hall–Kier alpha value is -3.06. The topological polar surface area (TPSA) is 69.9 Å². The summed E-state index contributed by atoms with van der Waals surface area (Å²) in [5, 5.41) is 5.20. The summed E-state index contributed by atoms with van der Waals surface area (Å²) in [5.41, 5.74) is 3.51. The van der Waals surface area contributed by atoms with Crippen molar-refractivity contribution in [3.63, 3.8) is 0 Å². The number of aromatic nitrogens is 4. The smallest absolute Gasteiger partial charge is 0.187 e. The molecule has 0 unspecified atom stereocenters. The molecule has 0 atom stereocenters. The van der Waals surface area contributed by atoms with Crippen molar-refractivity contribution < 1.29 is 9.53 Å². The van der Waals surface area contributed by atoms with Gasteiger partial charge in [0.1, 0.15) is 12.1 Å². The molecule has 1 aromatic carbocycles. The molecule has 3 heterocycles. The van der Waals surface area contributed by atoms with Gasteiger partial charge in [-0.15, -0.1) is 11.3 Å². The molecule has 0 amide bonds. The summed E-state index contributed by atoms with van der Waals surface area (Å²) in [6, 6.07) is 6.17. The number of ketones is 1. The number of fused-ring (bicyclic) bond motifs is 3. The van der Waals surface area contributed by atoms with Gasteiger partial charge in [0.2, 0.25) is 0 Å². The van der Waals surface area contributed by atoms with Gasteiger partial charge in [0.15, 0.2) is 16.6 Å². The Kier molecular flexibility index (Phi) is 4.39. The van der Waals surface area contributed by atoms with E-state index in [0.29, 0.717) is 13.0 Å². The molecule has 29 heavy (non-hydrogen) atoms. The van der Waals surface area contributed by atoms with Crippen LogP contribution in [0.3, 0.4) is 0 Å². The molecule has 5 rings (SSSR count). The van der Waals surface area contributed by atoms with E-state index in [2.05, 4.69) is 23.9 Å². The summed E-state index contributed by atoms with van der Waals surface area (Å²) in [4.78, 5) is 22.8. The first-order chi connectivity index (χ1) is 14.1. The molecule has 1 aliphatic carbocycles. The van der Waals surface area contributed by atoms with E-state index in [-0.39, 0.29) is 11.8 Å². The number of ether oxygens (including phenoxy) is 1. The third kappa shape index (κ3) is 3.11. The number of thiazole rings is 1. The summed E-state index contributed by atoms with van der Waals surface area (Å²) >= 11 is 1.65. The van der Waals surface area contributed by atoms with Crippen molar-refractivity contribution in [1.29, 1.82) is 0 Å². The molecular formula is C22H20N4O2S. The molecule has 6 nitrogen and oxygen atoms in total. The van der Waals surface area contributed by atoms with Gasteiger partial charge in [-0.3, -0.25) is 4.79 Å². The van der Waals surface area contributed by atoms with Crippen LogP contribution in [-0.2, 0) is 11.2 Å². The lowest BCUT2D eigenvalue weighted by Gasteiger charge is -2.12. The zero-order chi connectivity index (χ0) is 20.0. The van der Waals surface area contributed by atoms with Crippen LogP contribution in [0.5, 0.6) is 5.75 Å². The Morgan fingerprint density at radius 1 is 1.28 bits per heavy atom. The number of rotatable bonds is 3. The van der Waals surface area contributed by atoms with Crippen LogP contribution in [0.1, 0.15) is 36.8 Å². The van der Waals surface area contributed by atoms with Gasteiger partial charge in [0, 0.05) is 34.9 Å². The number of hydrogen-bond donors (Lipinski definition) is 0. The normalized spacial score (nSPS) is 15.6. The lowest BCUT2D eigenvalue weighted by molar-refractivity contribution is -0.113. The van der Waals surface area contributed by atoms with Gasteiger partial charge in [-0.25, -0.2) is 14.6 Å². The standard InChI is InChI=1S/C22H20N4O2S/c1-13(2)26-21(23-12-24-26)22-25-20-16-8-7-14(15-5-3-4-6-17(15)27)11-18(16)28-10-9-19(20)29-22/h3-5,7-8,11-13H,6,9-10H2,1-2H3. The highest BCUT2D eigenvalue weighted by Crippen LogP contribution is 2.41. The highest BCUT2D eigenvalue weighted by atomic mass is 32.1. The van der Waals surface area contributed by atoms with Gasteiger partial charge in [-0.1, -0.05) is 24.3 Å². The molecular weight excluding hydrogens is 384 g/mol. The van der Waals surface area contributed by atoms with E-state index in [1.54, 1.807) is 17.7 Å². The van der Waals surface area contributed by atoms with Crippen LogP contribution >= 0.6 is 11.3 Å².